The fraction of sp³-hybridized carbons (Fsp3) is 0.917. The van der Waals surface area contributed by atoms with E-state index in [2.05, 4.69) is 10.0 Å². The van der Waals surface area contributed by atoms with Gasteiger partial charge in [-0.15, -0.1) is 12.4 Å². The van der Waals surface area contributed by atoms with Gasteiger partial charge in [0.05, 0.1) is 11.8 Å². The Morgan fingerprint density at radius 1 is 1.33 bits per heavy atom. The molecule has 21 heavy (non-hydrogen) atoms. The van der Waals surface area contributed by atoms with Crippen LogP contribution in [0.15, 0.2) is 0 Å². The molecule has 0 aromatic carbocycles. The predicted octanol–water partition coefficient (Wildman–Crippen LogP) is -0.394. The maximum atomic E-state index is 11.9. The van der Waals surface area contributed by atoms with Gasteiger partial charge in [0.2, 0.25) is 15.9 Å². The lowest BCUT2D eigenvalue weighted by Crippen LogP contribution is -2.48. The number of ether oxygens (including phenoxy) is 1. The van der Waals surface area contributed by atoms with Crippen LogP contribution in [0.25, 0.3) is 0 Å². The third-order valence-electron chi connectivity index (χ3n) is 3.16. The lowest BCUT2D eigenvalue weighted by atomic mass is 9.92. The lowest BCUT2D eigenvalue weighted by Gasteiger charge is -2.26. The Morgan fingerprint density at radius 3 is 2.43 bits per heavy atom. The van der Waals surface area contributed by atoms with Gasteiger partial charge in [0.1, 0.15) is 0 Å². The Kier molecular flexibility index (Phi) is 9.39. The van der Waals surface area contributed by atoms with E-state index >= 15 is 0 Å². The van der Waals surface area contributed by atoms with E-state index in [1.54, 1.807) is 13.8 Å². The normalized spacial score (nSPS) is 18.1. The van der Waals surface area contributed by atoms with Crippen LogP contribution in [0.4, 0.5) is 0 Å². The van der Waals surface area contributed by atoms with Gasteiger partial charge in [0, 0.05) is 25.8 Å². The van der Waals surface area contributed by atoms with Gasteiger partial charge in [0.25, 0.3) is 0 Å². The highest BCUT2D eigenvalue weighted by Gasteiger charge is 2.26. The summed E-state index contributed by atoms with van der Waals surface area (Å²) in [6.07, 6.45) is 1.53. The molecule has 7 nitrogen and oxygen atoms in total. The standard InChI is InChI=1S/C12H25N3O4S.ClH/c1-9(2)15-20(17,18)8-5-14-12(16)11(13)10-3-6-19-7-4-10;/h9-11,15H,3-8,13H2,1-2H3,(H,14,16);1H. The quantitative estimate of drug-likeness (QED) is 0.583. The lowest BCUT2D eigenvalue weighted by molar-refractivity contribution is -0.124. The summed E-state index contributed by atoms with van der Waals surface area (Å²) < 4.78 is 30.8. The summed E-state index contributed by atoms with van der Waals surface area (Å²) in [5.74, 6) is -0.331. The van der Waals surface area contributed by atoms with E-state index < -0.39 is 16.1 Å². The average Bonchev–Trinajstić information content (AvgIpc) is 2.37. The molecule has 0 aliphatic carbocycles. The first-order valence-corrected chi connectivity index (χ1v) is 8.58. The summed E-state index contributed by atoms with van der Waals surface area (Å²) in [6.45, 7) is 4.81. The monoisotopic (exact) mass is 343 g/mol. The van der Waals surface area contributed by atoms with Crippen LogP contribution in [0.3, 0.4) is 0 Å². The topological polar surface area (TPSA) is 111 Å². The molecule has 0 radical (unpaired) electrons. The number of hydrogen-bond acceptors (Lipinski definition) is 5. The van der Waals surface area contributed by atoms with Crippen molar-refractivity contribution < 1.29 is 17.9 Å². The second-order valence-electron chi connectivity index (χ2n) is 5.36. The fourth-order valence-corrected chi connectivity index (χ4v) is 3.34. The number of carbonyl (C=O) groups excluding carboxylic acids is 1. The number of nitrogens with one attached hydrogen (secondary N) is 2. The number of carbonyl (C=O) groups is 1. The first kappa shape index (κ1) is 20.6. The van der Waals surface area contributed by atoms with Gasteiger partial charge >= 0.3 is 0 Å². The highest BCUT2D eigenvalue weighted by atomic mass is 35.5. The minimum absolute atomic E-state index is 0. The molecule has 1 unspecified atom stereocenters. The maximum absolute atomic E-state index is 11.9. The molecule has 0 aromatic heterocycles. The van der Waals surface area contributed by atoms with E-state index in [-0.39, 0.29) is 42.6 Å². The van der Waals surface area contributed by atoms with Crippen LogP contribution in [0, 0.1) is 5.92 Å². The van der Waals surface area contributed by atoms with E-state index in [1.165, 1.54) is 0 Å². The molecule has 1 atom stereocenters. The van der Waals surface area contributed by atoms with Crippen LogP contribution in [0.1, 0.15) is 26.7 Å². The molecular weight excluding hydrogens is 318 g/mol. The summed E-state index contributed by atoms with van der Waals surface area (Å²) in [5.41, 5.74) is 5.89. The summed E-state index contributed by atoms with van der Waals surface area (Å²) in [6, 6.07) is -0.750. The van der Waals surface area contributed by atoms with Crippen LogP contribution in [0.2, 0.25) is 0 Å². The molecule has 0 aromatic rings. The molecule has 1 saturated heterocycles. The first-order valence-electron chi connectivity index (χ1n) is 6.93. The molecule has 0 bridgehead atoms. The smallest absolute Gasteiger partial charge is 0.237 e. The molecular formula is C12H26ClN3O4S. The molecule has 1 aliphatic rings. The Morgan fingerprint density at radius 2 is 1.90 bits per heavy atom. The van der Waals surface area contributed by atoms with E-state index in [0.29, 0.717) is 13.2 Å². The molecule has 0 saturated carbocycles. The molecule has 9 heteroatoms. The van der Waals surface area contributed by atoms with Gasteiger partial charge in [-0.25, -0.2) is 13.1 Å². The van der Waals surface area contributed by atoms with E-state index in [9.17, 15) is 13.2 Å². The molecule has 4 N–H and O–H groups in total. The van der Waals surface area contributed by atoms with Gasteiger partial charge in [0.15, 0.2) is 0 Å². The van der Waals surface area contributed by atoms with Gasteiger partial charge in [-0.3, -0.25) is 4.79 Å². The van der Waals surface area contributed by atoms with Crippen molar-refractivity contribution in [1.29, 1.82) is 0 Å². The summed E-state index contributed by atoms with van der Waals surface area (Å²) in [4.78, 5) is 11.9. The van der Waals surface area contributed by atoms with Gasteiger partial charge in [-0.1, -0.05) is 0 Å². The number of rotatable bonds is 7. The minimum atomic E-state index is -3.35. The maximum Gasteiger partial charge on any atom is 0.237 e. The predicted molar refractivity (Wildman–Crippen MR) is 83.8 cm³/mol. The molecule has 126 valence electrons. The van der Waals surface area contributed by atoms with E-state index in [4.69, 9.17) is 10.5 Å². The summed E-state index contributed by atoms with van der Waals surface area (Å²) in [5, 5.41) is 2.59. The third kappa shape index (κ3) is 7.96. The number of sulfonamides is 1. The van der Waals surface area contributed by atoms with Crippen LogP contribution in [-0.2, 0) is 19.6 Å². The van der Waals surface area contributed by atoms with Crippen LogP contribution < -0.4 is 15.8 Å². The van der Waals surface area contributed by atoms with Crippen LogP contribution >= 0.6 is 12.4 Å². The van der Waals surface area contributed by atoms with Crippen molar-refractivity contribution in [2.75, 3.05) is 25.5 Å². The minimum Gasteiger partial charge on any atom is -0.381 e. The van der Waals surface area contributed by atoms with Crippen molar-refractivity contribution in [3.8, 4) is 0 Å². The van der Waals surface area contributed by atoms with Crippen molar-refractivity contribution in [2.24, 2.45) is 11.7 Å². The Balaban J connectivity index is 0.00000400. The number of halogens is 1. The fourth-order valence-electron chi connectivity index (χ4n) is 2.13. The second kappa shape index (κ2) is 9.58. The van der Waals surface area contributed by atoms with E-state index in [1.807, 2.05) is 0 Å². The van der Waals surface area contributed by atoms with Crippen molar-refractivity contribution in [3.63, 3.8) is 0 Å². The van der Waals surface area contributed by atoms with Crippen molar-refractivity contribution in [1.82, 2.24) is 10.0 Å². The number of nitrogens with two attached hydrogens (primary N) is 1. The molecule has 0 spiro atoms. The number of amides is 1. The molecule has 1 aliphatic heterocycles. The molecule has 1 amide bonds. The van der Waals surface area contributed by atoms with E-state index in [0.717, 1.165) is 12.8 Å². The van der Waals surface area contributed by atoms with Gasteiger partial charge in [-0.2, -0.15) is 0 Å². The highest BCUT2D eigenvalue weighted by Crippen LogP contribution is 2.17. The molecule has 1 rings (SSSR count). The summed E-state index contributed by atoms with van der Waals surface area (Å²) in [7, 11) is -3.35. The average molecular weight is 344 g/mol. The molecule has 1 heterocycles. The highest BCUT2D eigenvalue weighted by molar-refractivity contribution is 7.89. The van der Waals surface area contributed by atoms with Crippen LogP contribution in [-0.4, -0.2) is 51.9 Å². The Hall–Kier alpha value is -0.410. The van der Waals surface area contributed by atoms with Gasteiger partial charge < -0.3 is 15.8 Å². The second-order valence-corrected chi connectivity index (χ2v) is 7.23. The Labute approximate surface area is 132 Å². The van der Waals surface area contributed by atoms with Crippen LogP contribution in [0.5, 0.6) is 0 Å². The zero-order valence-electron chi connectivity index (χ0n) is 12.5. The van der Waals surface area contributed by atoms with Crippen molar-refractivity contribution >= 4 is 28.3 Å². The summed E-state index contributed by atoms with van der Waals surface area (Å²) >= 11 is 0. The largest absolute Gasteiger partial charge is 0.381 e. The third-order valence-corrected chi connectivity index (χ3v) is 4.73. The zero-order valence-corrected chi connectivity index (χ0v) is 14.1. The van der Waals surface area contributed by atoms with Gasteiger partial charge in [-0.05, 0) is 32.6 Å². The van der Waals surface area contributed by atoms with Crippen molar-refractivity contribution in [2.45, 2.75) is 38.8 Å². The Bertz CT molecular complexity index is 411. The number of hydrogen-bond donors (Lipinski definition) is 3. The SMILES string of the molecule is CC(C)NS(=O)(=O)CCNC(=O)C(N)C1CCOCC1.Cl. The zero-order chi connectivity index (χ0) is 15.2. The molecule has 1 fully saturated rings. The first-order chi connectivity index (χ1) is 9.32. The van der Waals surface area contributed by atoms with Crippen molar-refractivity contribution in [3.05, 3.63) is 0 Å².